The number of carbonyl (C=O) groups excluding carboxylic acids is 2. The van der Waals surface area contributed by atoms with Crippen LogP contribution in [-0.2, 0) is 32.7 Å². The second kappa shape index (κ2) is 37.6. The summed E-state index contributed by atoms with van der Waals surface area (Å²) in [4.78, 5) is 35.2. The maximum absolute atomic E-state index is 12.8. The molecule has 0 amide bonds. The van der Waals surface area contributed by atoms with Crippen LogP contribution >= 0.6 is 7.82 Å². The maximum Gasteiger partial charge on any atom is 0.472 e. The van der Waals surface area contributed by atoms with E-state index < -0.39 is 76.7 Å². The van der Waals surface area contributed by atoms with Crippen molar-refractivity contribution in [3.05, 3.63) is 72.9 Å². The number of hydrogen-bond donors (Lipinski definition) is 6. The van der Waals surface area contributed by atoms with Gasteiger partial charge in [-0.3, -0.25) is 18.6 Å². The highest BCUT2D eigenvalue weighted by Gasteiger charge is 2.39. The van der Waals surface area contributed by atoms with Gasteiger partial charge in [0, 0.05) is 25.2 Å². The molecule has 6 N–H and O–H groups in total. The van der Waals surface area contributed by atoms with E-state index in [1.807, 2.05) is 18.2 Å². The van der Waals surface area contributed by atoms with Crippen molar-refractivity contribution in [2.24, 2.45) is 11.8 Å². The minimum absolute atomic E-state index is 0.0384. The van der Waals surface area contributed by atoms with Gasteiger partial charge in [-0.15, -0.1) is 0 Å². The SMILES string of the molecule is CCCCC/C=C\C/C=C\C/C=C\C/C=C\C/C=C\CCC(=O)OC[C@H](COP(=O)(O)OC[C@@H](O)CO)OC(=O)CCCCCC[C@@H]1[C@@H](/C=C/[C@@H](O)CCCCC)[C@H](O)C[C@@H]1O. The van der Waals surface area contributed by atoms with E-state index in [-0.39, 0.29) is 24.7 Å². The molecule has 1 saturated carbocycles. The summed E-state index contributed by atoms with van der Waals surface area (Å²) in [5.41, 5.74) is 0. The Morgan fingerprint density at radius 1 is 0.677 bits per heavy atom. The lowest BCUT2D eigenvalue weighted by atomic mass is 9.88. The van der Waals surface area contributed by atoms with Crippen LogP contribution in [-0.4, -0.2) is 99.3 Å². The highest BCUT2D eigenvalue weighted by Crippen LogP contribution is 2.43. The van der Waals surface area contributed by atoms with Crippen LogP contribution in [0.1, 0.15) is 149 Å². The Bertz CT molecular complexity index is 1380. The van der Waals surface area contributed by atoms with Gasteiger partial charge in [-0.25, -0.2) is 4.57 Å². The van der Waals surface area contributed by atoms with Crippen LogP contribution in [0.2, 0.25) is 0 Å². The molecule has 14 heteroatoms. The number of aliphatic hydroxyl groups excluding tert-OH is 5. The number of carbonyl (C=O) groups is 2. The van der Waals surface area contributed by atoms with E-state index in [1.165, 1.54) is 19.3 Å². The zero-order valence-corrected chi connectivity index (χ0v) is 38.5. The second-order valence-corrected chi connectivity index (χ2v) is 17.5. The summed E-state index contributed by atoms with van der Waals surface area (Å²) in [5.74, 6) is -1.52. The average Bonchev–Trinajstić information content (AvgIpc) is 3.52. The molecule has 1 unspecified atom stereocenters. The summed E-state index contributed by atoms with van der Waals surface area (Å²) in [5, 5.41) is 49.8. The summed E-state index contributed by atoms with van der Waals surface area (Å²) >= 11 is 0. The molecule has 0 heterocycles. The lowest BCUT2D eigenvalue weighted by molar-refractivity contribution is -0.161. The number of esters is 2. The minimum atomic E-state index is -4.70. The number of hydrogen-bond acceptors (Lipinski definition) is 12. The Labute approximate surface area is 372 Å². The van der Waals surface area contributed by atoms with Crippen molar-refractivity contribution in [2.75, 3.05) is 26.4 Å². The zero-order chi connectivity index (χ0) is 45.7. The van der Waals surface area contributed by atoms with Gasteiger partial charge >= 0.3 is 19.8 Å². The molecule has 1 aliphatic carbocycles. The van der Waals surface area contributed by atoms with Crippen molar-refractivity contribution in [1.29, 1.82) is 0 Å². The van der Waals surface area contributed by atoms with Crippen molar-refractivity contribution in [2.45, 2.75) is 179 Å². The molecular weight excluding hydrogens is 815 g/mol. The number of allylic oxidation sites excluding steroid dienone is 10. The quantitative estimate of drug-likeness (QED) is 0.0148. The smallest absolute Gasteiger partial charge is 0.462 e. The van der Waals surface area contributed by atoms with E-state index in [1.54, 1.807) is 6.08 Å². The third-order valence-electron chi connectivity index (χ3n) is 10.4. The van der Waals surface area contributed by atoms with Gasteiger partial charge in [-0.1, -0.05) is 138 Å². The fourth-order valence-electron chi connectivity index (χ4n) is 6.84. The molecule has 0 aromatic rings. The van der Waals surface area contributed by atoms with Gasteiger partial charge in [0.15, 0.2) is 6.10 Å². The third kappa shape index (κ3) is 31.2. The molecule has 1 fully saturated rings. The third-order valence-corrected chi connectivity index (χ3v) is 11.4. The summed E-state index contributed by atoms with van der Waals surface area (Å²) in [6.45, 7) is 1.91. The van der Waals surface area contributed by atoms with Gasteiger partial charge in [0.2, 0.25) is 0 Å². The van der Waals surface area contributed by atoms with Crippen molar-refractivity contribution in [3.8, 4) is 0 Å². The molecule has 0 bridgehead atoms. The molecular formula is C48H81O13P. The Balaban J connectivity index is 2.48. The van der Waals surface area contributed by atoms with Gasteiger partial charge in [-0.05, 0) is 70.1 Å². The molecule has 62 heavy (non-hydrogen) atoms. The zero-order valence-electron chi connectivity index (χ0n) is 37.6. The van der Waals surface area contributed by atoms with Gasteiger partial charge < -0.3 is 39.9 Å². The van der Waals surface area contributed by atoms with E-state index in [9.17, 15) is 39.5 Å². The highest BCUT2D eigenvalue weighted by atomic mass is 31.2. The predicted octanol–water partition coefficient (Wildman–Crippen LogP) is 8.83. The molecule has 1 aliphatic rings. The first-order valence-electron chi connectivity index (χ1n) is 23.2. The standard InChI is InChI=1S/C48H81O13P/c1-3-5-7-8-9-10-11-12-13-14-15-16-17-18-19-20-21-22-27-31-47(54)58-38-42(39-60-62(56,57)59-37-41(51)36-49)61-48(55)32-28-24-23-26-30-43-44(46(53)35-45(43)52)34-33-40(50)29-25-6-4-2/h9-10,12-13,15-16,18-19,21-22,33-34,40-46,49-53H,3-8,11,14,17,20,23-32,35-39H2,1-2H3,(H,56,57)/b10-9-,13-12-,16-15-,19-18-,22-21-,34-33+/t40-,41-,42+,43+,44+,45-,46+/m0/s1. The van der Waals surface area contributed by atoms with Crippen molar-refractivity contribution in [1.82, 2.24) is 0 Å². The topological polar surface area (TPSA) is 210 Å². The molecule has 1 rings (SSSR count). The molecule has 0 aliphatic heterocycles. The fourth-order valence-corrected chi connectivity index (χ4v) is 7.63. The first kappa shape index (κ1) is 57.3. The van der Waals surface area contributed by atoms with Crippen molar-refractivity contribution < 1.29 is 63.1 Å². The number of ether oxygens (including phenoxy) is 2. The minimum Gasteiger partial charge on any atom is -0.462 e. The normalized spacial score (nSPS) is 21.0. The average molecular weight is 897 g/mol. The van der Waals surface area contributed by atoms with Gasteiger partial charge in [0.1, 0.15) is 12.7 Å². The highest BCUT2D eigenvalue weighted by molar-refractivity contribution is 7.47. The van der Waals surface area contributed by atoms with Crippen LogP contribution in [0.4, 0.5) is 0 Å². The van der Waals surface area contributed by atoms with E-state index >= 15 is 0 Å². The molecule has 0 aromatic heterocycles. The van der Waals surface area contributed by atoms with Crippen LogP contribution in [0, 0.1) is 11.8 Å². The summed E-state index contributed by atoms with van der Waals surface area (Å²) < 4.78 is 32.7. The first-order valence-corrected chi connectivity index (χ1v) is 24.6. The summed E-state index contributed by atoms with van der Waals surface area (Å²) in [6, 6.07) is 0. The molecule has 0 spiro atoms. The van der Waals surface area contributed by atoms with Crippen LogP contribution < -0.4 is 0 Å². The lowest BCUT2D eigenvalue weighted by Crippen LogP contribution is -2.29. The Morgan fingerprint density at radius 2 is 1.26 bits per heavy atom. The van der Waals surface area contributed by atoms with E-state index in [4.69, 9.17) is 19.1 Å². The number of phosphoric acid groups is 1. The molecule has 356 valence electrons. The van der Waals surface area contributed by atoms with Crippen LogP contribution in [0.5, 0.6) is 0 Å². The van der Waals surface area contributed by atoms with Crippen LogP contribution in [0.25, 0.3) is 0 Å². The number of phosphoric ester groups is 1. The number of aliphatic hydroxyl groups is 5. The molecule has 0 aromatic carbocycles. The molecule has 0 saturated heterocycles. The maximum atomic E-state index is 12.8. The summed E-state index contributed by atoms with van der Waals surface area (Å²) in [6.07, 6.45) is 36.6. The van der Waals surface area contributed by atoms with E-state index in [0.29, 0.717) is 38.5 Å². The molecule has 13 nitrogen and oxygen atoms in total. The van der Waals surface area contributed by atoms with Crippen molar-refractivity contribution >= 4 is 19.8 Å². The fraction of sp³-hybridized carbons (Fsp3) is 0.708. The van der Waals surface area contributed by atoms with Crippen LogP contribution in [0.15, 0.2) is 72.9 Å². The Hall–Kier alpha value is -2.71. The van der Waals surface area contributed by atoms with Gasteiger partial charge in [-0.2, -0.15) is 0 Å². The number of rotatable bonds is 38. The Morgan fingerprint density at radius 3 is 1.89 bits per heavy atom. The van der Waals surface area contributed by atoms with E-state index in [2.05, 4.69) is 67.0 Å². The van der Waals surface area contributed by atoms with Crippen molar-refractivity contribution in [3.63, 3.8) is 0 Å². The second-order valence-electron chi connectivity index (χ2n) is 16.0. The predicted molar refractivity (Wildman–Crippen MR) is 244 cm³/mol. The lowest BCUT2D eigenvalue weighted by Gasteiger charge is -2.21. The summed E-state index contributed by atoms with van der Waals surface area (Å²) in [7, 11) is -4.70. The molecule has 0 radical (unpaired) electrons. The molecule has 8 atom stereocenters. The monoisotopic (exact) mass is 897 g/mol. The largest absolute Gasteiger partial charge is 0.472 e. The van der Waals surface area contributed by atoms with Gasteiger partial charge in [0.05, 0.1) is 38.1 Å². The number of unbranched alkanes of at least 4 members (excludes halogenated alkanes) is 8. The van der Waals surface area contributed by atoms with Gasteiger partial charge in [0.25, 0.3) is 0 Å². The Kier molecular flexibility index (Phi) is 34.8. The van der Waals surface area contributed by atoms with Crippen LogP contribution in [0.3, 0.4) is 0 Å². The van der Waals surface area contributed by atoms with E-state index in [0.717, 1.165) is 64.2 Å². The first-order chi connectivity index (χ1) is 29.9.